The molecular formula is C23H35N3O. The molecule has 2 aliphatic heterocycles. The van der Waals surface area contributed by atoms with E-state index in [0.29, 0.717) is 5.54 Å². The largest absolute Gasteiger partial charge is 0.356 e. The molecule has 4 rings (SSSR count). The van der Waals surface area contributed by atoms with E-state index >= 15 is 0 Å². The molecular weight excluding hydrogens is 334 g/mol. The molecule has 0 spiro atoms. The van der Waals surface area contributed by atoms with E-state index in [-0.39, 0.29) is 5.41 Å². The van der Waals surface area contributed by atoms with E-state index in [1.54, 1.807) is 0 Å². The second kappa shape index (κ2) is 6.59. The fraction of sp³-hybridized carbons (Fsp3) is 0.696. The Morgan fingerprint density at radius 1 is 1.00 bits per heavy atom. The lowest BCUT2D eigenvalue weighted by Gasteiger charge is -2.41. The zero-order chi connectivity index (χ0) is 19.4. The van der Waals surface area contributed by atoms with Crippen LogP contribution in [0.2, 0.25) is 0 Å². The maximum Gasteiger partial charge on any atom is 0.167 e. The first-order valence-corrected chi connectivity index (χ1v) is 10.5. The van der Waals surface area contributed by atoms with Crippen LogP contribution in [0.15, 0.2) is 16.7 Å². The Labute approximate surface area is 163 Å². The Bertz CT molecular complexity index is 816. The molecule has 27 heavy (non-hydrogen) atoms. The van der Waals surface area contributed by atoms with Crippen molar-refractivity contribution in [2.45, 2.75) is 78.4 Å². The summed E-state index contributed by atoms with van der Waals surface area (Å²) in [5, 5.41) is 5.55. The first kappa shape index (κ1) is 18.9. The summed E-state index contributed by atoms with van der Waals surface area (Å²) in [7, 11) is 0. The molecule has 2 aromatic rings. The van der Waals surface area contributed by atoms with E-state index in [0.717, 1.165) is 30.3 Å². The molecule has 1 aromatic heterocycles. The molecule has 2 aliphatic rings. The van der Waals surface area contributed by atoms with Gasteiger partial charge in [-0.25, -0.2) is 0 Å². The maximum atomic E-state index is 5.66. The predicted octanol–water partition coefficient (Wildman–Crippen LogP) is 4.95. The van der Waals surface area contributed by atoms with E-state index in [1.165, 1.54) is 49.0 Å². The summed E-state index contributed by atoms with van der Waals surface area (Å²) < 4.78 is 5.66. The fourth-order valence-electron chi connectivity index (χ4n) is 4.72. The van der Waals surface area contributed by atoms with E-state index in [1.807, 2.05) is 0 Å². The van der Waals surface area contributed by atoms with E-state index in [9.17, 15) is 0 Å². The van der Waals surface area contributed by atoms with Gasteiger partial charge >= 0.3 is 0 Å². The lowest BCUT2D eigenvalue weighted by atomic mass is 9.89. The van der Waals surface area contributed by atoms with Crippen molar-refractivity contribution in [3.05, 3.63) is 29.0 Å². The van der Waals surface area contributed by atoms with Gasteiger partial charge in [-0.15, -0.1) is 0 Å². The van der Waals surface area contributed by atoms with Gasteiger partial charge in [0.25, 0.3) is 0 Å². The van der Waals surface area contributed by atoms with Gasteiger partial charge in [0.1, 0.15) is 0 Å². The molecule has 1 saturated heterocycles. The lowest BCUT2D eigenvalue weighted by molar-refractivity contribution is 0.0740. The Hall–Kier alpha value is -1.39. The molecule has 0 aliphatic carbocycles. The van der Waals surface area contributed by atoms with Crippen LogP contribution in [-0.2, 0) is 18.5 Å². The molecule has 0 amide bonds. The Morgan fingerprint density at radius 2 is 1.63 bits per heavy atom. The van der Waals surface area contributed by atoms with Gasteiger partial charge in [-0.05, 0) is 75.9 Å². The predicted molar refractivity (Wildman–Crippen MR) is 111 cm³/mol. The van der Waals surface area contributed by atoms with Crippen LogP contribution in [0.4, 0.5) is 0 Å². The summed E-state index contributed by atoms with van der Waals surface area (Å²) in [4.78, 5) is 5.27. The smallest absolute Gasteiger partial charge is 0.167 e. The Morgan fingerprint density at radius 3 is 2.22 bits per heavy atom. The molecule has 0 N–H and O–H groups in total. The van der Waals surface area contributed by atoms with E-state index in [4.69, 9.17) is 4.52 Å². The number of aromatic nitrogens is 1. The van der Waals surface area contributed by atoms with Gasteiger partial charge < -0.3 is 4.52 Å². The Balaban J connectivity index is 1.43. The average molecular weight is 370 g/mol. The number of hydrogen-bond acceptors (Lipinski definition) is 4. The normalized spacial score (nSPS) is 20.5. The first-order chi connectivity index (χ1) is 12.6. The monoisotopic (exact) mass is 369 g/mol. The van der Waals surface area contributed by atoms with Crippen molar-refractivity contribution in [1.29, 1.82) is 0 Å². The number of nitrogens with zero attached hydrogens (tertiary/aromatic N) is 3. The van der Waals surface area contributed by atoms with Crippen molar-refractivity contribution in [3.63, 3.8) is 0 Å². The second-order valence-corrected chi connectivity index (χ2v) is 10.7. The van der Waals surface area contributed by atoms with Gasteiger partial charge in [0.05, 0.1) is 5.69 Å². The minimum atomic E-state index is 0.0127. The highest BCUT2D eigenvalue weighted by atomic mass is 16.5. The van der Waals surface area contributed by atoms with E-state index < -0.39 is 0 Å². The zero-order valence-corrected chi connectivity index (χ0v) is 17.9. The lowest BCUT2D eigenvalue weighted by Crippen LogP contribution is -2.47. The highest BCUT2D eigenvalue weighted by Crippen LogP contribution is 2.35. The van der Waals surface area contributed by atoms with Crippen LogP contribution in [0.1, 0.15) is 71.2 Å². The van der Waals surface area contributed by atoms with Crippen LogP contribution >= 0.6 is 0 Å². The van der Waals surface area contributed by atoms with Crippen molar-refractivity contribution in [1.82, 2.24) is 15.0 Å². The topological polar surface area (TPSA) is 32.5 Å². The molecule has 4 nitrogen and oxygen atoms in total. The summed E-state index contributed by atoms with van der Waals surface area (Å²) >= 11 is 0. The van der Waals surface area contributed by atoms with Crippen LogP contribution in [0.5, 0.6) is 0 Å². The number of rotatable bonds is 2. The summed E-state index contributed by atoms with van der Waals surface area (Å²) in [6.07, 6.45) is 2.65. The number of piperidine rings is 1. The summed E-state index contributed by atoms with van der Waals surface area (Å²) in [5.74, 6) is 0.827. The quantitative estimate of drug-likeness (QED) is 0.750. The van der Waals surface area contributed by atoms with Crippen LogP contribution in [-0.4, -0.2) is 40.1 Å². The van der Waals surface area contributed by atoms with Crippen LogP contribution in [0.25, 0.3) is 11.0 Å². The number of likely N-dealkylation sites (tertiary alicyclic amines) is 1. The highest BCUT2D eigenvalue weighted by Gasteiger charge is 2.30. The molecule has 1 fully saturated rings. The summed E-state index contributed by atoms with van der Waals surface area (Å²) in [6.45, 7) is 19.4. The number of benzene rings is 1. The molecule has 0 bridgehead atoms. The third-order valence-corrected chi connectivity index (χ3v) is 6.37. The van der Waals surface area contributed by atoms with Gasteiger partial charge in [0.15, 0.2) is 5.58 Å². The zero-order valence-electron chi connectivity index (χ0n) is 17.9. The molecule has 148 valence electrons. The summed E-state index contributed by atoms with van der Waals surface area (Å²) in [5.41, 5.74) is 5.22. The molecule has 0 unspecified atom stereocenters. The molecule has 1 aromatic carbocycles. The molecule has 0 saturated carbocycles. The molecule has 3 heterocycles. The minimum absolute atomic E-state index is 0.0127. The van der Waals surface area contributed by atoms with Crippen molar-refractivity contribution in [2.24, 2.45) is 5.92 Å². The van der Waals surface area contributed by atoms with Crippen molar-refractivity contribution < 1.29 is 4.52 Å². The average Bonchev–Trinajstić information content (AvgIpc) is 3.14. The minimum Gasteiger partial charge on any atom is -0.356 e. The highest BCUT2D eigenvalue weighted by molar-refractivity contribution is 5.82. The molecule has 0 radical (unpaired) electrons. The van der Waals surface area contributed by atoms with Gasteiger partial charge in [-0.1, -0.05) is 25.9 Å². The van der Waals surface area contributed by atoms with Crippen molar-refractivity contribution in [3.8, 4) is 0 Å². The van der Waals surface area contributed by atoms with Gasteiger partial charge in [0, 0.05) is 36.0 Å². The number of fused-ring (bicyclic) bond motifs is 2. The van der Waals surface area contributed by atoms with Crippen LogP contribution in [0.3, 0.4) is 0 Å². The summed E-state index contributed by atoms with van der Waals surface area (Å²) in [6, 6.07) is 4.57. The van der Waals surface area contributed by atoms with Crippen LogP contribution in [0, 0.1) is 5.92 Å². The number of hydrogen-bond donors (Lipinski definition) is 0. The standard InChI is InChI=1S/C23H35N3O/c1-22(2,3)21-19-11-17-14-25(15-18(17)12-20(19)27-24-21)13-16-7-9-26(10-8-16)23(4,5)6/h11-12,16H,7-10,13-15H2,1-6H3. The van der Waals surface area contributed by atoms with Crippen LogP contribution < -0.4 is 0 Å². The molecule has 0 atom stereocenters. The van der Waals surface area contributed by atoms with Crippen molar-refractivity contribution in [2.75, 3.05) is 19.6 Å². The van der Waals surface area contributed by atoms with E-state index in [2.05, 4.69) is 68.6 Å². The van der Waals surface area contributed by atoms with Gasteiger partial charge in [-0.3, -0.25) is 9.80 Å². The maximum absolute atomic E-state index is 5.66. The third-order valence-electron chi connectivity index (χ3n) is 6.37. The van der Waals surface area contributed by atoms with Gasteiger partial charge in [0.2, 0.25) is 0 Å². The van der Waals surface area contributed by atoms with Crippen molar-refractivity contribution >= 4 is 11.0 Å². The second-order valence-electron chi connectivity index (χ2n) is 10.7. The third kappa shape index (κ3) is 3.79. The Kier molecular flexibility index (Phi) is 4.63. The SMILES string of the molecule is CC(C)(C)c1noc2cc3c(cc12)CN(CC1CCN(C(C)(C)C)CC1)C3. The van der Waals surface area contributed by atoms with Gasteiger partial charge in [-0.2, -0.15) is 0 Å². The molecule has 4 heteroatoms. The first-order valence-electron chi connectivity index (χ1n) is 10.5. The fourth-order valence-corrected chi connectivity index (χ4v) is 4.72.